The monoisotopic (exact) mass is 259 g/mol. The number of nitrogens with zero attached hydrogens (tertiary/aromatic N) is 1. The van der Waals surface area contributed by atoms with Crippen LogP contribution in [-0.2, 0) is 0 Å². The summed E-state index contributed by atoms with van der Waals surface area (Å²) >= 11 is 12.2. The van der Waals surface area contributed by atoms with Crippen LogP contribution in [0.3, 0.4) is 0 Å². The van der Waals surface area contributed by atoms with Gasteiger partial charge in [0, 0.05) is 23.7 Å². The number of hydrogen-bond acceptors (Lipinski definition) is 1. The second kappa shape index (κ2) is 6.46. The van der Waals surface area contributed by atoms with E-state index in [0.717, 1.165) is 11.6 Å². The van der Waals surface area contributed by atoms with Crippen LogP contribution in [0.2, 0.25) is 0 Å². The molecule has 0 saturated heterocycles. The second-order valence-electron chi connectivity index (χ2n) is 4.64. The minimum absolute atomic E-state index is 0.0349. The van der Waals surface area contributed by atoms with E-state index in [0.29, 0.717) is 11.8 Å². The SMILES string of the molecule is CC(C)C(C)CN=CC1C(Cl)=CC=CC1Cl. The van der Waals surface area contributed by atoms with Crippen molar-refractivity contribution in [2.24, 2.45) is 22.7 Å². The number of rotatable bonds is 4. The Morgan fingerprint density at radius 2 is 2.12 bits per heavy atom. The molecule has 1 aliphatic rings. The molecule has 0 saturated carbocycles. The number of halogens is 2. The van der Waals surface area contributed by atoms with E-state index in [9.17, 15) is 0 Å². The van der Waals surface area contributed by atoms with E-state index in [1.165, 1.54) is 0 Å². The average molecular weight is 260 g/mol. The Kier molecular flexibility index (Phi) is 5.57. The van der Waals surface area contributed by atoms with Gasteiger partial charge in [-0.15, -0.1) is 11.6 Å². The maximum absolute atomic E-state index is 6.15. The second-order valence-corrected chi connectivity index (χ2v) is 5.58. The molecule has 3 unspecified atom stereocenters. The number of allylic oxidation sites excluding steroid dienone is 4. The molecule has 90 valence electrons. The number of aliphatic imine (C=N–C) groups is 1. The van der Waals surface area contributed by atoms with Crippen LogP contribution >= 0.6 is 23.2 Å². The fraction of sp³-hybridized carbons (Fsp3) is 0.615. The molecule has 0 amide bonds. The lowest BCUT2D eigenvalue weighted by Gasteiger charge is -2.18. The lowest BCUT2D eigenvalue weighted by molar-refractivity contribution is 0.430. The summed E-state index contributed by atoms with van der Waals surface area (Å²) in [7, 11) is 0. The first-order valence-corrected chi connectivity index (χ1v) is 6.51. The van der Waals surface area contributed by atoms with Crippen molar-refractivity contribution in [1.29, 1.82) is 0 Å². The maximum atomic E-state index is 6.15. The van der Waals surface area contributed by atoms with Gasteiger partial charge in [0.15, 0.2) is 0 Å². The zero-order valence-electron chi connectivity index (χ0n) is 10.0. The lowest BCUT2D eigenvalue weighted by atomic mass is 9.98. The topological polar surface area (TPSA) is 12.4 Å². The van der Waals surface area contributed by atoms with Crippen LogP contribution in [0.5, 0.6) is 0 Å². The summed E-state index contributed by atoms with van der Waals surface area (Å²) in [5, 5.41) is 0.694. The van der Waals surface area contributed by atoms with Crippen molar-refractivity contribution in [1.82, 2.24) is 0 Å². The third kappa shape index (κ3) is 3.95. The predicted molar refractivity (Wildman–Crippen MR) is 73.6 cm³/mol. The van der Waals surface area contributed by atoms with Crippen molar-refractivity contribution in [2.45, 2.75) is 26.1 Å². The fourth-order valence-electron chi connectivity index (χ4n) is 1.34. The molecule has 0 aromatic rings. The lowest BCUT2D eigenvalue weighted by Crippen LogP contribution is -2.18. The van der Waals surface area contributed by atoms with Gasteiger partial charge in [-0.1, -0.05) is 44.5 Å². The normalized spacial score (nSPS) is 27.5. The minimum Gasteiger partial charge on any atom is -0.296 e. The molecule has 1 nitrogen and oxygen atoms in total. The predicted octanol–water partition coefficient (Wildman–Crippen LogP) is 4.27. The van der Waals surface area contributed by atoms with Crippen LogP contribution < -0.4 is 0 Å². The molecule has 0 radical (unpaired) electrons. The van der Waals surface area contributed by atoms with Gasteiger partial charge in [-0.3, -0.25) is 4.99 Å². The highest BCUT2D eigenvalue weighted by molar-refractivity contribution is 6.33. The van der Waals surface area contributed by atoms with Crippen molar-refractivity contribution in [3.63, 3.8) is 0 Å². The van der Waals surface area contributed by atoms with E-state index >= 15 is 0 Å². The molecule has 3 atom stereocenters. The molecule has 0 aliphatic heterocycles. The van der Waals surface area contributed by atoms with Gasteiger partial charge >= 0.3 is 0 Å². The van der Waals surface area contributed by atoms with Crippen LogP contribution in [0, 0.1) is 17.8 Å². The first-order valence-electron chi connectivity index (χ1n) is 5.70. The maximum Gasteiger partial charge on any atom is 0.0646 e. The molecule has 0 heterocycles. The molecule has 0 spiro atoms. The van der Waals surface area contributed by atoms with Gasteiger partial charge in [0.05, 0.1) is 5.38 Å². The first kappa shape index (κ1) is 13.8. The van der Waals surface area contributed by atoms with Gasteiger partial charge in [-0.2, -0.15) is 0 Å². The van der Waals surface area contributed by atoms with Crippen molar-refractivity contribution in [3.8, 4) is 0 Å². The quantitative estimate of drug-likeness (QED) is 0.529. The molecular weight excluding hydrogens is 241 g/mol. The number of hydrogen-bond donors (Lipinski definition) is 0. The van der Waals surface area contributed by atoms with E-state index in [-0.39, 0.29) is 11.3 Å². The Labute approximate surface area is 108 Å². The molecule has 1 rings (SSSR count). The minimum atomic E-state index is -0.0735. The van der Waals surface area contributed by atoms with Gasteiger partial charge in [-0.05, 0) is 17.9 Å². The van der Waals surface area contributed by atoms with E-state index in [1.54, 1.807) is 0 Å². The molecular formula is C13H19Cl2N. The highest BCUT2D eigenvalue weighted by Gasteiger charge is 2.20. The molecule has 0 aromatic heterocycles. The smallest absolute Gasteiger partial charge is 0.0646 e. The summed E-state index contributed by atoms with van der Waals surface area (Å²) in [5.74, 6) is 1.28. The Bertz CT molecular complexity index is 305. The van der Waals surface area contributed by atoms with E-state index in [2.05, 4.69) is 25.8 Å². The Morgan fingerprint density at radius 1 is 1.44 bits per heavy atom. The van der Waals surface area contributed by atoms with E-state index in [4.69, 9.17) is 23.2 Å². The number of alkyl halides is 1. The summed E-state index contributed by atoms with van der Waals surface area (Å²) in [5.41, 5.74) is 0. The van der Waals surface area contributed by atoms with Crippen molar-refractivity contribution >= 4 is 29.4 Å². The van der Waals surface area contributed by atoms with Crippen molar-refractivity contribution < 1.29 is 0 Å². The molecule has 16 heavy (non-hydrogen) atoms. The van der Waals surface area contributed by atoms with Crippen LogP contribution in [0.4, 0.5) is 0 Å². The van der Waals surface area contributed by atoms with Crippen LogP contribution in [-0.4, -0.2) is 18.1 Å². The van der Waals surface area contributed by atoms with Crippen LogP contribution in [0.25, 0.3) is 0 Å². The Morgan fingerprint density at radius 3 is 2.69 bits per heavy atom. The molecule has 0 N–H and O–H groups in total. The zero-order valence-corrected chi connectivity index (χ0v) is 11.5. The molecule has 1 aliphatic carbocycles. The molecule has 0 fully saturated rings. The highest BCUT2D eigenvalue weighted by Crippen LogP contribution is 2.26. The summed E-state index contributed by atoms with van der Waals surface area (Å²) in [4.78, 5) is 4.45. The van der Waals surface area contributed by atoms with Gasteiger partial charge < -0.3 is 0 Å². The highest BCUT2D eigenvalue weighted by atomic mass is 35.5. The Balaban J connectivity index is 2.50. The van der Waals surface area contributed by atoms with Crippen LogP contribution in [0.15, 0.2) is 28.3 Å². The molecule has 0 bridgehead atoms. The van der Waals surface area contributed by atoms with Gasteiger partial charge in [0.25, 0.3) is 0 Å². The van der Waals surface area contributed by atoms with Gasteiger partial charge in [0.2, 0.25) is 0 Å². The summed E-state index contributed by atoms with van der Waals surface area (Å²) in [6.07, 6.45) is 7.60. The fourth-order valence-corrected chi connectivity index (χ4v) is 1.96. The standard InChI is InChI=1S/C13H19Cl2N/c1-9(2)10(3)7-16-8-11-12(14)5-4-6-13(11)15/h4-6,8-12H,7H2,1-3H3. The summed E-state index contributed by atoms with van der Waals surface area (Å²) in [6.45, 7) is 7.46. The first-order chi connectivity index (χ1) is 7.52. The third-order valence-corrected chi connectivity index (χ3v) is 3.80. The van der Waals surface area contributed by atoms with Gasteiger partial charge in [-0.25, -0.2) is 0 Å². The summed E-state index contributed by atoms with van der Waals surface area (Å²) in [6, 6.07) is 0. The largest absolute Gasteiger partial charge is 0.296 e. The van der Waals surface area contributed by atoms with Gasteiger partial charge in [0.1, 0.15) is 0 Å². The van der Waals surface area contributed by atoms with Crippen LogP contribution in [0.1, 0.15) is 20.8 Å². The summed E-state index contributed by atoms with van der Waals surface area (Å²) < 4.78 is 0. The zero-order chi connectivity index (χ0) is 12.1. The molecule has 0 aromatic carbocycles. The molecule has 3 heteroatoms. The van der Waals surface area contributed by atoms with Crippen molar-refractivity contribution in [2.75, 3.05) is 6.54 Å². The van der Waals surface area contributed by atoms with E-state index in [1.807, 2.05) is 24.4 Å². The third-order valence-electron chi connectivity index (χ3n) is 3.01. The Hall–Kier alpha value is -0.270. The van der Waals surface area contributed by atoms with Crippen molar-refractivity contribution in [3.05, 3.63) is 23.3 Å². The van der Waals surface area contributed by atoms with E-state index < -0.39 is 0 Å². The average Bonchev–Trinajstić information content (AvgIpc) is 2.22.